The van der Waals surface area contributed by atoms with Crippen molar-refractivity contribution < 1.29 is 4.42 Å². The number of hydrogen-bond acceptors (Lipinski definition) is 4. The summed E-state index contributed by atoms with van der Waals surface area (Å²) in [7, 11) is 0. The molecule has 1 aliphatic rings. The molecule has 114 valence electrons. The smallest absolute Gasteiger partial charge is 0.298 e. The van der Waals surface area contributed by atoms with Gasteiger partial charge in [-0.05, 0) is 42.7 Å². The summed E-state index contributed by atoms with van der Waals surface area (Å²) < 4.78 is 5.90. The molecule has 1 unspecified atom stereocenters. The third kappa shape index (κ3) is 2.85. The van der Waals surface area contributed by atoms with E-state index in [1.165, 1.54) is 19.3 Å². The maximum absolute atomic E-state index is 5.97. The van der Waals surface area contributed by atoms with E-state index in [0.717, 1.165) is 36.1 Å². The van der Waals surface area contributed by atoms with Gasteiger partial charge in [-0.25, -0.2) is 0 Å². The SMILES string of the molecule is CC(C)(C)C1CCCN(c2nc3c(N)cccc3o2)CC1. The predicted octanol–water partition coefficient (Wildman–Crippen LogP) is 4.06. The van der Waals surface area contributed by atoms with Gasteiger partial charge >= 0.3 is 0 Å². The summed E-state index contributed by atoms with van der Waals surface area (Å²) in [5.41, 5.74) is 8.59. The molecule has 0 amide bonds. The zero-order valence-electron chi connectivity index (χ0n) is 13.2. The summed E-state index contributed by atoms with van der Waals surface area (Å²) in [6.07, 6.45) is 3.66. The van der Waals surface area contributed by atoms with Gasteiger partial charge in [0.25, 0.3) is 6.01 Å². The molecule has 1 saturated heterocycles. The molecule has 1 atom stereocenters. The molecule has 1 aliphatic heterocycles. The minimum Gasteiger partial charge on any atom is -0.423 e. The number of nitrogen functional groups attached to an aromatic ring is 1. The molecular formula is C17H25N3O. The summed E-state index contributed by atoms with van der Waals surface area (Å²) in [5.74, 6) is 0.761. The molecule has 0 radical (unpaired) electrons. The van der Waals surface area contributed by atoms with Gasteiger partial charge in [0.15, 0.2) is 5.58 Å². The van der Waals surface area contributed by atoms with Gasteiger partial charge in [-0.1, -0.05) is 26.8 Å². The Morgan fingerprint density at radius 1 is 1.24 bits per heavy atom. The van der Waals surface area contributed by atoms with Crippen LogP contribution >= 0.6 is 0 Å². The number of benzene rings is 1. The molecule has 2 heterocycles. The van der Waals surface area contributed by atoms with Crippen molar-refractivity contribution in [2.75, 3.05) is 23.7 Å². The van der Waals surface area contributed by atoms with Crippen LogP contribution in [0.3, 0.4) is 0 Å². The molecule has 0 saturated carbocycles. The van der Waals surface area contributed by atoms with Crippen LogP contribution in [0.25, 0.3) is 11.1 Å². The fraction of sp³-hybridized carbons (Fsp3) is 0.588. The third-order valence-electron chi connectivity index (χ3n) is 4.66. The molecule has 21 heavy (non-hydrogen) atoms. The Morgan fingerprint density at radius 2 is 2.05 bits per heavy atom. The van der Waals surface area contributed by atoms with Crippen LogP contribution in [0, 0.1) is 11.3 Å². The normalized spacial score (nSPS) is 20.7. The first-order valence-electron chi connectivity index (χ1n) is 7.85. The third-order valence-corrected chi connectivity index (χ3v) is 4.66. The minimum absolute atomic E-state index is 0.377. The number of oxazole rings is 1. The lowest BCUT2D eigenvalue weighted by Gasteiger charge is -2.29. The summed E-state index contributed by atoms with van der Waals surface area (Å²) in [6.45, 7) is 9.04. The first-order chi connectivity index (χ1) is 9.95. The average molecular weight is 287 g/mol. The standard InChI is InChI=1S/C17H25N3O/c1-17(2,3)12-6-5-10-20(11-9-12)16-19-15-13(18)7-4-8-14(15)21-16/h4,7-8,12H,5-6,9-11,18H2,1-3H3. The highest BCUT2D eigenvalue weighted by Crippen LogP contribution is 2.35. The molecule has 2 aromatic rings. The molecule has 1 fully saturated rings. The predicted molar refractivity (Wildman–Crippen MR) is 87.4 cm³/mol. The monoisotopic (exact) mass is 287 g/mol. The number of anilines is 2. The van der Waals surface area contributed by atoms with E-state index in [4.69, 9.17) is 10.2 Å². The molecule has 4 heteroatoms. The highest BCUT2D eigenvalue weighted by atomic mass is 16.4. The maximum atomic E-state index is 5.97. The second-order valence-electron chi connectivity index (χ2n) is 7.17. The van der Waals surface area contributed by atoms with Crippen LogP contribution in [0.2, 0.25) is 0 Å². The van der Waals surface area contributed by atoms with E-state index in [0.29, 0.717) is 11.1 Å². The van der Waals surface area contributed by atoms with E-state index in [2.05, 4.69) is 30.7 Å². The molecule has 4 nitrogen and oxygen atoms in total. The Kier molecular flexibility index (Phi) is 3.56. The van der Waals surface area contributed by atoms with E-state index < -0.39 is 0 Å². The van der Waals surface area contributed by atoms with Crippen molar-refractivity contribution in [1.29, 1.82) is 0 Å². The van der Waals surface area contributed by atoms with Gasteiger partial charge in [-0.2, -0.15) is 4.98 Å². The zero-order chi connectivity index (χ0) is 15.0. The van der Waals surface area contributed by atoms with Crippen LogP contribution in [0.4, 0.5) is 11.7 Å². The van der Waals surface area contributed by atoms with Crippen molar-refractivity contribution in [3.8, 4) is 0 Å². The van der Waals surface area contributed by atoms with Crippen LogP contribution in [0.15, 0.2) is 22.6 Å². The van der Waals surface area contributed by atoms with E-state index in [1.807, 2.05) is 18.2 Å². The van der Waals surface area contributed by atoms with Crippen molar-refractivity contribution >= 4 is 22.8 Å². The Bertz CT molecular complexity index is 626. The second kappa shape index (κ2) is 5.24. The van der Waals surface area contributed by atoms with E-state index in [9.17, 15) is 0 Å². The largest absolute Gasteiger partial charge is 0.423 e. The Morgan fingerprint density at radius 3 is 2.76 bits per heavy atom. The molecule has 2 N–H and O–H groups in total. The summed E-state index contributed by atoms with van der Waals surface area (Å²) in [6, 6.07) is 6.42. The number of fused-ring (bicyclic) bond motifs is 1. The minimum atomic E-state index is 0.377. The molecule has 3 rings (SSSR count). The number of aromatic nitrogens is 1. The van der Waals surface area contributed by atoms with Crippen LogP contribution in [0.1, 0.15) is 40.0 Å². The highest BCUT2D eigenvalue weighted by Gasteiger charge is 2.28. The maximum Gasteiger partial charge on any atom is 0.298 e. The lowest BCUT2D eigenvalue weighted by molar-refractivity contribution is 0.220. The number of rotatable bonds is 1. The Labute approximate surface area is 126 Å². The Balaban J connectivity index is 1.81. The number of nitrogens with zero attached hydrogens (tertiary/aromatic N) is 2. The number of nitrogens with two attached hydrogens (primary N) is 1. The lowest BCUT2D eigenvalue weighted by atomic mass is 9.77. The van der Waals surface area contributed by atoms with Gasteiger partial charge in [0.1, 0.15) is 5.52 Å². The van der Waals surface area contributed by atoms with Gasteiger partial charge in [0.2, 0.25) is 0 Å². The van der Waals surface area contributed by atoms with Crippen molar-refractivity contribution in [3.63, 3.8) is 0 Å². The number of hydrogen-bond donors (Lipinski definition) is 1. The lowest BCUT2D eigenvalue weighted by Crippen LogP contribution is -2.26. The molecule has 1 aromatic carbocycles. The number of para-hydroxylation sites is 1. The first kappa shape index (κ1) is 14.2. The van der Waals surface area contributed by atoms with Gasteiger partial charge in [-0.3, -0.25) is 0 Å². The van der Waals surface area contributed by atoms with E-state index in [-0.39, 0.29) is 0 Å². The summed E-state index contributed by atoms with van der Waals surface area (Å²) >= 11 is 0. The fourth-order valence-corrected chi connectivity index (χ4v) is 3.25. The van der Waals surface area contributed by atoms with Gasteiger partial charge < -0.3 is 15.1 Å². The molecule has 0 aliphatic carbocycles. The van der Waals surface area contributed by atoms with Gasteiger partial charge in [-0.15, -0.1) is 0 Å². The van der Waals surface area contributed by atoms with Crippen molar-refractivity contribution in [3.05, 3.63) is 18.2 Å². The molecular weight excluding hydrogens is 262 g/mol. The van der Waals surface area contributed by atoms with Gasteiger partial charge in [0.05, 0.1) is 5.69 Å². The first-order valence-corrected chi connectivity index (χ1v) is 7.85. The van der Waals surface area contributed by atoms with Crippen LogP contribution < -0.4 is 10.6 Å². The van der Waals surface area contributed by atoms with Crippen molar-refractivity contribution in [2.45, 2.75) is 40.0 Å². The fourth-order valence-electron chi connectivity index (χ4n) is 3.25. The summed E-state index contributed by atoms with van der Waals surface area (Å²) in [5, 5.41) is 0. The highest BCUT2D eigenvalue weighted by molar-refractivity contribution is 5.86. The van der Waals surface area contributed by atoms with E-state index in [1.54, 1.807) is 0 Å². The van der Waals surface area contributed by atoms with Gasteiger partial charge in [0, 0.05) is 13.1 Å². The van der Waals surface area contributed by atoms with Crippen molar-refractivity contribution in [1.82, 2.24) is 4.98 Å². The van der Waals surface area contributed by atoms with Crippen molar-refractivity contribution in [2.24, 2.45) is 11.3 Å². The molecule has 0 bridgehead atoms. The van der Waals surface area contributed by atoms with E-state index >= 15 is 0 Å². The molecule has 1 aromatic heterocycles. The Hall–Kier alpha value is -1.71. The topological polar surface area (TPSA) is 55.3 Å². The second-order valence-corrected chi connectivity index (χ2v) is 7.17. The summed E-state index contributed by atoms with van der Waals surface area (Å²) in [4.78, 5) is 6.87. The quantitative estimate of drug-likeness (QED) is 0.803. The van der Waals surface area contributed by atoms with Crippen LogP contribution in [-0.2, 0) is 0 Å². The van der Waals surface area contributed by atoms with Crippen LogP contribution in [0.5, 0.6) is 0 Å². The van der Waals surface area contributed by atoms with Crippen LogP contribution in [-0.4, -0.2) is 18.1 Å². The molecule has 0 spiro atoms. The average Bonchev–Trinajstić information content (AvgIpc) is 2.68. The zero-order valence-corrected chi connectivity index (χ0v) is 13.2.